The van der Waals surface area contributed by atoms with Gasteiger partial charge in [-0.25, -0.2) is 13.8 Å². The molecule has 0 fully saturated rings. The average Bonchev–Trinajstić information content (AvgIpc) is 3.06. The second-order valence-corrected chi connectivity index (χ2v) is 8.31. The topological polar surface area (TPSA) is 61.1 Å². The van der Waals surface area contributed by atoms with Gasteiger partial charge in [0.1, 0.15) is 10.6 Å². The second-order valence-electron chi connectivity index (χ2n) is 6.87. The fourth-order valence-electron chi connectivity index (χ4n) is 3.44. The summed E-state index contributed by atoms with van der Waals surface area (Å²) in [6.07, 6.45) is 0. The lowest BCUT2D eigenvalue weighted by atomic mass is 10.1. The number of thiophene rings is 1. The molecule has 0 saturated carbocycles. The van der Waals surface area contributed by atoms with E-state index in [1.807, 2.05) is 0 Å². The highest BCUT2D eigenvalue weighted by molar-refractivity contribution is 7.20. The molecule has 5 nitrogen and oxygen atoms in total. The van der Waals surface area contributed by atoms with Crippen molar-refractivity contribution in [2.75, 3.05) is 0 Å². The molecule has 0 bridgehead atoms. The van der Waals surface area contributed by atoms with Crippen LogP contribution in [0.15, 0.2) is 58.1 Å². The number of aryl methyl sites for hydroxylation is 1. The fraction of sp³-hybridized carbons (Fsp3) is 0.136. The van der Waals surface area contributed by atoms with E-state index in [0.717, 1.165) is 15.9 Å². The molecule has 30 heavy (non-hydrogen) atoms. The summed E-state index contributed by atoms with van der Waals surface area (Å²) >= 11 is 7.02. The van der Waals surface area contributed by atoms with Crippen LogP contribution in [-0.4, -0.2) is 14.9 Å². The standard InChI is InChI=1S/C22H16ClFN2O3S/c1-12-18-20(28)26(16-9-7-15(23)8-10-16)22(29)25(21(18)30-19(12)13(2)27)11-14-5-3-4-6-17(14)24/h3-10H,11H2,1-2H3. The minimum atomic E-state index is -0.616. The number of rotatable bonds is 4. The first-order chi connectivity index (χ1) is 14.3. The maximum absolute atomic E-state index is 14.3. The van der Waals surface area contributed by atoms with Crippen LogP contribution in [0.1, 0.15) is 27.7 Å². The van der Waals surface area contributed by atoms with Gasteiger partial charge in [0.05, 0.1) is 22.5 Å². The molecule has 0 atom stereocenters. The minimum absolute atomic E-state index is 0.0762. The third-order valence-electron chi connectivity index (χ3n) is 4.90. The quantitative estimate of drug-likeness (QED) is 0.435. The van der Waals surface area contributed by atoms with Crippen molar-refractivity contribution >= 4 is 38.9 Å². The first kappa shape index (κ1) is 20.3. The molecule has 0 amide bonds. The summed E-state index contributed by atoms with van der Waals surface area (Å²) in [5.74, 6) is -0.655. The molecule has 0 aliphatic carbocycles. The third kappa shape index (κ3) is 3.30. The van der Waals surface area contributed by atoms with Crippen molar-refractivity contribution in [2.24, 2.45) is 0 Å². The Kier molecular flexibility index (Phi) is 5.17. The van der Waals surface area contributed by atoms with Gasteiger partial charge >= 0.3 is 5.69 Å². The van der Waals surface area contributed by atoms with Crippen molar-refractivity contribution in [1.29, 1.82) is 0 Å². The number of nitrogens with zero attached hydrogens (tertiary/aromatic N) is 2. The van der Waals surface area contributed by atoms with Gasteiger partial charge in [0.2, 0.25) is 0 Å². The van der Waals surface area contributed by atoms with E-state index in [2.05, 4.69) is 0 Å². The Morgan fingerprint density at radius 3 is 2.40 bits per heavy atom. The molecule has 8 heteroatoms. The summed E-state index contributed by atoms with van der Waals surface area (Å²) in [5.41, 5.74) is 0.0153. The molecular formula is C22H16ClFN2O3S. The Balaban J connectivity index is 2.11. The summed E-state index contributed by atoms with van der Waals surface area (Å²) in [5, 5.41) is 0.737. The zero-order valence-electron chi connectivity index (χ0n) is 16.1. The largest absolute Gasteiger partial charge is 0.337 e. The molecule has 152 valence electrons. The lowest BCUT2D eigenvalue weighted by Gasteiger charge is -2.13. The number of carbonyl (C=O) groups is 1. The fourth-order valence-corrected chi connectivity index (χ4v) is 4.75. The van der Waals surface area contributed by atoms with Crippen LogP contribution in [0.25, 0.3) is 15.9 Å². The zero-order valence-corrected chi connectivity index (χ0v) is 17.7. The van der Waals surface area contributed by atoms with Crippen LogP contribution in [0, 0.1) is 12.7 Å². The summed E-state index contributed by atoms with van der Waals surface area (Å²) in [6.45, 7) is 3.02. The van der Waals surface area contributed by atoms with Crippen molar-refractivity contribution in [3.8, 4) is 5.69 Å². The molecular weight excluding hydrogens is 427 g/mol. The lowest BCUT2D eigenvalue weighted by molar-refractivity contribution is 0.102. The Bertz CT molecular complexity index is 1420. The van der Waals surface area contributed by atoms with E-state index in [9.17, 15) is 18.8 Å². The maximum Gasteiger partial charge on any atom is 0.337 e. The second kappa shape index (κ2) is 7.66. The number of fused-ring (bicyclic) bond motifs is 1. The number of carbonyl (C=O) groups excluding carboxylic acids is 1. The lowest BCUT2D eigenvalue weighted by Crippen LogP contribution is -2.39. The van der Waals surface area contributed by atoms with Gasteiger partial charge in [0.25, 0.3) is 5.56 Å². The molecule has 4 rings (SSSR count). The number of halogens is 2. The Labute approximate surface area is 179 Å². The summed E-state index contributed by atoms with van der Waals surface area (Å²) < 4.78 is 16.7. The van der Waals surface area contributed by atoms with Crippen LogP contribution in [-0.2, 0) is 6.54 Å². The average molecular weight is 443 g/mol. The normalized spacial score (nSPS) is 11.2. The van der Waals surface area contributed by atoms with Crippen LogP contribution in [0.3, 0.4) is 0 Å². The molecule has 0 aliphatic heterocycles. The van der Waals surface area contributed by atoms with E-state index in [0.29, 0.717) is 31.5 Å². The van der Waals surface area contributed by atoms with Gasteiger partial charge in [0, 0.05) is 10.6 Å². The number of benzene rings is 2. The zero-order chi connectivity index (χ0) is 21.6. The highest BCUT2D eigenvalue weighted by Crippen LogP contribution is 2.29. The van der Waals surface area contributed by atoms with Gasteiger partial charge in [-0.05, 0) is 49.7 Å². The first-order valence-corrected chi connectivity index (χ1v) is 10.3. The summed E-state index contributed by atoms with van der Waals surface area (Å²) in [4.78, 5) is 39.5. The molecule has 0 saturated heterocycles. The highest BCUT2D eigenvalue weighted by Gasteiger charge is 2.22. The molecule has 0 aliphatic rings. The predicted octanol–water partition coefficient (Wildman–Crippen LogP) is 4.57. The Morgan fingerprint density at radius 2 is 1.77 bits per heavy atom. The molecule has 2 aromatic heterocycles. The molecule has 2 aromatic carbocycles. The van der Waals surface area contributed by atoms with E-state index < -0.39 is 17.1 Å². The van der Waals surface area contributed by atoms with Crippen LogP contribution in [0.2, 0.25) is 5.02 Å². The van der Waals surface area contributed by atoms with Crippen LogP contribution >= 0.6 is 22.9 Å². The molecule has 0 unspecified atom stereocenters. The number of hydrogen-bond acceptors (Lipinski definition) is 4. The van der Waals surface area contributed by atoms with Crippen molar-refractivity contribution in [2.45, 2.75) is 20.4 Å². The van der Waals surface area contributed by atoms with Gasteiger partial charge in [-0.3, -0.25) is 14.2 Å². The summed E-state index contributed by atoms with van der Waals surface area (Å²) in [7, 11) is 0. The third-order valence-corrected chi connectivity index (χ3v) is 6.57. The van der Waals surface area contributed by atoms with E-state index in [-0.39, 0.29) is 17.7 Å². The SMILES string of the molecule is CC(=O)c1sc2c(c1C)c(=O)n(-c1ccc(Cl)cc1)c(=O)n2Cc1ccccc1F. The molecule has 0 radical (unpaired) electrons. The predicted molar refractivity (Wildman–Crippen MR) is 117 cm³/mol. The minimum Gasteiger partial charge on any atom is -0.294 e. The van der Waals surface area contributed by atoms with Gasteiger partial charge in [-0.2, -0.15) is 0 Å². The van der Waals surface area contributed by atoms with Crippen molar-refractivity contribution in [3.05, 3.63) is 96.2 Å². The molecule has 0 N–H and O–H groups in total. The molecule has 4 aromatic rings. The van der Waals surface area contributed by atoms with Gasteiger partial charge in [0.15, 0.2) is 5.78 Å². The van der Waals surface area contributed by atoms with Crippen molar-refractivity contribution < 1.29 is 9.18 Å². The number of ketones is 1. The maximum atomic E-state index is 14.3. The van der Waals surface area contributed by atoms with E-state index in [1.165, 1.54) is 17.6 Å². The number of hydrogen-bond donors (Lipinski definition) is 0. The Hall–Kier alpha value is -3.03. The van der Waals surface area contributed by atoms with Gasteiger partial charge < -0.3 is 0 Å². The summed E-state index contributed by atoms with van der Waals surface area (Å²) in [6, 6.07) is 12.4. The van der Waals surface area contributed by atoms with Crippen LogP contribution in [0.5, 0.6) is 0 Å². The van der Waals surface area contributed by atoms with E-state index >= 15 is 0 Å². The molecule has 0 spiro atoms. The Morgan fingerprint density at radius 1 is 1.10 bits per heavy atom. The smallest absolute Gasteiger partial charge is 0.294 e. The highest BCUT2D eigenvalue weighted by atomic mass is 35.5. The van der Waals surface area contributed by atoms with Gasteiger partial charge in [-0.1, -0.05) is 29.8 Å². The molecule has 2 heterocycles. The van der Waals surface area contributed by atoms with E-state index in [1.54, 1.807) is 49.4 Å². The number of Topliss-reactive ketones (excluding diaryl/α,β-unsaturated/α-hetero) is 1. The van der Waals surface area contributed by atoms with Crippen LogP contribution in [0.4, 0.5) is 4.39 Å². The number of aromatic nitrogens is 2. The van der Waals surface area contributed by atoms with Crippen molar-refractivity contribution in [3.63, 3.8) is 0 Å². The van der Waals surface area contributed by atoms with Crippen molar-refractivity contribution in [1.82, 2.24) is 9.13 Å². The van der Waals surface area contributed by atoms with Crippen LogP contribution < -0.4 is 11.2 Å². The monoisotopic (exact) mass is 442 g/mol. The first-order valence-electron chi connectivity index (χ1n) is 9.09. The van der Waals surface area contributed by atoms with Gasteiger partial charge in [-0.15, -0.1) is 11.3 Å². The van der Waals surface area contributed by atoms with E-state index in [4.69, 9.17) is 11.6 Å².